The molecule has 0 atom stereocenters. The minimum Gasteiger partial charge on any atom is -0.365 e. The third-order valence-electron chi connectivity index (χ3n) is 2.73. The van der Waals surface area contributed by atoms with Crippen LogP contribution in [-0.4, -0.2) is 35.6 Å². The summed E-state index contributed by atoms with van der Waals surface area (Å²) in [5.74, 6) is 0. The average Bonchev–Trinajstić information content (AvgIpc) is 2.20. The van der Waals surface area contributed by atoms with E-state index < -0.39 is 0 Å². The van der Waals surface area contributed by atoms with Crippen LogP contribution in [0.1, 0.15) is 32.0 Å². The van der Waals surface area contributed by atoms with Gasteiger partial charge < -0.3 is 15.2 Å². The lowest BCUT2D eigenvalue weighted by molar-refractivity contribution is 0.302. The zero-order chi connectivity index (χ0) is 13.8. The molecular formula is C14H25N3O. The van der Waals surface area contributed by atoms with Crippen molar-refractivity contribution in [3.8, 4) is 0 Å². The van der Waals surface area contributed by atoms with Crippen LogP contribution >= 0.6 is 0 Å². The first-order chi connectivity index (χ1) is 8.28. The largest absolute Gasteiger partial charge is 0.365 e. The summed E-state index contributed by atoms with van der Waals surface area (Å²) in [4.78, 5) is 17.0. The third kappa shape index (κ3) is 5.47. The maximum Gasteiger partial charge on any atom is 0.186 e. The molecule has 0 radical (unpaired) electrons. The molecule has 0 aliphatic rings. The molecule has 0 unspecified atom stereocenters. The van der Waals surface area contributed by atoms with E-state index in [4.69, 9.17) is 0 Å². The van der Waals surface area contributed by atoms with Crippen molar-refractivity contribution in [3.63, 3.8) is 0 Å². The van der Waals surface area contributed by atoms with E-state index in [1.54, 1.807) is 6.07 Å². The summed E-state index contributed by atoms with van der Waals surface area (Å²) < 4.78 is 0. The Morgan fingerprint density at radius 1 is 1.39 bits per heavy atom. The van der Waals surface area contributed by atoms with Gasteiger partial charge in [-0.2, -0.15) is 0 Å². The van der Waals surface area contributed by atoms with Crippen molar-refractivity contribution < 1.29 is 0 Å². The number of aromatic nitrogens is 1. The molecular weight excluding hydrogens is 226 g/mol. The molecule has 102 valence electrons. The lowest BCUT2D eigenvalue weighted by atomic mass is 10.1. The Bertz CT molecular complexity index is 431. The summed E-state index contributed by atoms with van der Waals surface area (Å²) in [6.45, 7) is 10.9. The normalized spacial score (nSPS) is 12.1. The minimum absolute atomic E-state index is 0.113. The van der Waals surface area contributed by atoms with E-state index in [1.165, 1.54) is 0 Å². The second kappa shape index (κ2) is 6.16. The fourth-order valence-corrected chi connectivity index (χ4v) is 1.72. The molecule has 0 fully saturated rings. The van der Waals surface area contributed by atoms with Crippen molar-refractivity contribution in [1.82, 2.24) is 15.2 Å². The molecule has 0 saturated carbocycles. The molecule has 0 aliphatic carbocycles. The van der Waals surface area contributed by atoms with Gasteiger partial charge >= 0.3 is 0 Å². The zero-order valence-corrected chi connectivity index (χ0v) is 12.1. The van der Waals surface area contributed by atoms with Gasteiger partial charge in [0.05, 0.1) is 0 Å². The number of hydrogen-bond acceptors (Lipinski definition) is 3. The van der Waals surface area contributed by atoms with E-state index in [0.29, 0.717) is 6.54 Å². The van der Waals surface area contributed by atoms with Crippen LogP contribution in [0.5, 0.6) is 0 Å². The maximum atomic E-state index is 11.7. The molecule has 0 aliphatic heterocycles. The van der Waals surface area contributed by atoms with Gasteiger partial charge in [-0.15, -0.1) is 0 Å². The Labute approximate surface area is 109 Å². The number of pyridine rings is 1. The monoisotopic (exact) mass is 251 g/mol. The van der Waals surface area contributed by atoms with E-state index in [2.05, 4.69) is 36.0 Å². The Kier molecular flexibility index (Phi) is 5.11. The summed E-state index contributed by atoms with van der Waals surface area (Å²) >= 11 is 0. The predicted octanol–water partition coefficient (Wildman–Crippen LogP) is 1.50. The van der Waals surface area contributed by atoms with Crippen LogP contribution in [0.15, 0.2) is 17.1 Å². The molecule has 1 aromatic rings. The number of aromatic amines is 1. The van der Waals surface area contributed by atoms with Crippen molar-refractivity contribution >= 4 is 0 Å². The van der Waals surface area contributed by atoms with Gasteiger partial charge in [0.1, 0.15) is 0 Å². The van der Waals surface area contributed by atoms with Crippen LogP contribution in [0.3, 0.4) is 0 Å². The first kappa shape index (κ1) is 14.9. The van der Waals surface area contributed by atoms with Crippen molar-refractivity contribution in [2.75, 3.05) is 20.1 Å². The highest BCUT2D eigenvalue weighted by molar-refractivity contribution is 5.13. The predicted molar refractivity (Wildman–Crippen MR) is 75.9 cm³/mol. The smallest absolute Gasteiger partial charge is 0.186 e. The first-order valence-corrected chi connectivity index (χ1v) is 6.40. The van der Waals surface area contributed by atoms with Gasteiger partial charge in [0.25, 0.3) is 0 Å². The zero-order valence-electron chi connectivity index (χ0n) is 12.1. The van der Waals surface area contributed by atoms with Gasteiger partial charge in [0.15, 0.2) is 5.43 Å². The second-order valence-electron chi connectivity index (χ2n) is 5.92. The number of rotatable bonds is 5. The molecule has 1 rings (SSSR count). The van der Waals surface area contributed by atoms with Crippen LogP contribution in [-0.2, 0) is 6.54 Å². The second-order valence-corrected chi connectivity index (χ2v) is 5.92. The van der Waals surface area contributed by atoms with Gasteiger partial charge in [-0.25, -0.2) is 0 Å². The first-order valence-electron chi connectivity index (χ1n) is 6.40. The molecule has 1 heterocycles. The summed E-state index contributed by atoms with van der Waals surface area (Å²) in [5, 5.41) is 3.43. The number of nitrogens with one attached hydrogen (secondary N) is 2. The Balaban J connectivity index is 2.45. The van der Waals surface area contributed by atoms with Gasteiger partial charge in [0.2, 0.25) is 0 Å². The molecule has 4 heteroatoms. The molecule has 2 N–H and O–H groups in total. The van der Waals surface area contributed by atoms with Crippen molar-refractivity contribution in [2.24, 2.45) is 0 Å². The average molecular weight is 251 g/mol. The minimum atomic E-state index is 0.113. The maximum absolute atomic E-state index is 11.7. The SMILES string of the molecule is Cc1cc(=O)c(CN(C)CCNC(C)(C)C)c[nH]1. The summed E-state index contributed by atoms with van der Waals surface area (Å²) in [6.07, 6.45) is 1.81. The molecule has 0 amide bonds. The number of nitrogens with zero attached hydrogens (tertiary/aromatic N) is 1. The molecule has 0 aromatic carbocycles. The Hall–Kier alpha value is -1.13. The summed E-state index contributed by atoms with van der Waals surface area (Å²) in [7, 11) is 2.03. The topological polar surface area (TPSA) is 48.1 Å². The molecule has 1 aromatic heterocycles. The van der Waals surface area contributed by atoms with E-state index in [-0.39, 0.29) is 11.0 Å². The fraction of sp³-hybridized carbons (Fsp3) is 0.643. The van der Waals surface area contributed by atoms with Gasteiger partial charge in [0, 0.05) is 48.7 Å². The lowest BCUT2D eigenvalue weighted by Crippen LogP contribution is -2.40. The number of H-pyrrole nitrogens is 1. The van der Waals surface area contributed by atoms with Gasteiger partial charge in [-0.05, 0) is 34.7 Å². The fourth-order valence-electron chi connectivity index (χ4n) is 1.72. The standard InChI is InChI=1S/C14H25N3O/c1-11-8-13(18)12(9-15-11)10-17(5)7-6-16-14(2,3)4/h8-9,16H,6-7,10H2,1-5H3,(H,15,18). The quantitative estimate of drug-likeness (QED) is 0.834. The van der Waals surface area contributed by atoms with E-state index in [9.17, 15) is 4.79 Å². The lowest BCUT2D eigenvalue weighted by Gasteiger charge is -2.23. The van der Waals surface area contributed by atoms with Gasteiger partial charge in [-0.1, -0.05) is 0 Å². The number of hydrogen-bond donors (Lipinski definition) is 2. The van der Waals surface area contributed by atoms with Crippen LogP contribution < -0.4 is 10.7 Å². The van der Waals surface area contributed by atoms with Gasteiger partial charge in [-0.3, -0.25) is 4.79 Å². The summed E-state index contributed by atoms with van der Waals surface area (Å²) in [5.41, 5.74) is 1.98. The Morgan fingerprint density at radius 2 is 2.06 bits per heavy atom. The van der Waals surface area contributed by atoms with Crippen molar-refractivity contribution in [3.05, 3.63) is 33.7 Å². The Morgan fingerprint density at radius 3 is 2.61 bits per heavy atom. The third-order valence-corrected chi connectivity index (χ3v) is 2.73. The van der Waals surface area contributed by atoms with Crippen LogP contribution in [0.25, 0.3) is 0 Å². The molecule has 4 nitrogen and oxygen atoms in total. The van der Waals surface area contributed by atoms with Crippen LogP contribution in [0.2, 0.25) is 0 Å². The molecule has 0 saturated heterocycles. The number of aryl methyl sites for hydroxylation is 1. The highest BCUT2D eigenvalue weighted by Gasteiger charge is 2.09. The molecule has 0 spiro atoms. The van der Waals surface area contributed by atoms with Crippen LogP contribution in [0.4, 0.5) is 0 Å². The van der Waals surface area contributed by atoms with Crippen LogP contribution in [0, 0.1) is 6.92 Å². The van der Waals surface area contributed by atoms with Crippen molar-refractivity contribution in [2.45, 2.75) is 39.8 Å². The number of likely N-dealkylation sites (N-methyl/N-ethyl adjacent to an activating group) is 1. The molecule has 0 bridgehead atoms. The highest BCUT2D eigenvalue weighted by Crippen LogP contribution is 1.99. The molecule has 18 heavy (non-hydrogen) atoms. The van der Waals surface area contributed by atoms with E-state index in [1.807, 2.05) is 20.2 Å². The van der Waals surface area contributed by atoms with E-state index >= 15 is 0 Å². The summed E-state index contributed by atoms with van der Waals surface area (Å²) in [6, 6.07) is 1.65. The van der Waals surface area contributed by atoms with Crippen molar-refractivity contribution in [1.29, 1.82) is 0 Å². The highest BCUT2D eigenvalue weighted by atomic mass is 16.1. The van der Waals surface area contributed by atoms with E-state index in [0.717, 1.165) is 24.3 Å².